The summed E-state index contributed by atoms with van der Waals surface area (Å²) in [5.41, 5.74) is 4.36. The summed E-state index contributed by atoms with van der Waals surface area (Å²) in [6.45, 7) is 6.57. The fourth-order valence-corrected chi connectivity index (χ4v) is 3.55. The van der Waals surface area contributed by atoms with E-state index in [0.29, 0.717) is 11.4 Å². The quantitative estimate of drug-likeness (QED) is 0.654. The van der Waals surface area contributed by atoms with Gasteiger partial charge in [0.1, 0.15) is 17.3 Å². The van der Waals surface area contributed by atoms with Crippen molar-refractivity contribution in [2.45, 2.75) is 20.8 Å². The molecule has 0 aliphatic carbocycles. The van der Waals surface area contributed by atoms with E-state index in [1.165, 1.54) is 4.57 Å². The Bertz CT molecular complexity index is 1330. The van der Waals surface area contributed by atoms with Crippen molar-refractivity contribution in [2.75, 3.05) is 18.5 Å². The van der Waals surface area contributed by atoms with Crippen molar-refractivity contribution in [3.63, 3.8) is 0 Å². The third-order valence-corrected chi connectivity index (χ3v) is 5.42. The molecular weight excluding hydrogens is 388 g/mol. The van der Waals surface area contributed by atoms with E-state index in [2.05, 4.69) is 34.2 Å². The zero-order valence-electron chi connectivity index (χ0n) is 17.9. The van der Waals surface area contributed by atoms with Crippen LogP contribution in [0.1, 0.15) is 29.6 Å². The van der Waals surface area contributed by atoms with Crippen molar-refractivity contribution in [3.8, 4) is 6.07 Å². The number of benzene rings is 2. The third kappa shape index (κ3) is 3.42. The highest BCUT2D eigenvalue weighted by molar-refractivity contribution is 6.35. The van der Waals surface area contributed by atoms with Gasteiger partial charge in [-0.05, 0) is 50.1 Å². The molecule has 31 heavy (non-hydrogen) atoms. The van der Waals surface area contributed by atoms with Gasteiger partial charge < -0.3 is 4.90 Å². The summed E-state index contributed by atoms with van der Waals surface area (Å²) >= 11 is 0. The molecule has 3 aromatic rings. The van der Waals surface area contributed by atoms with Gasteiger partial charge in [-0.3, -0.25) is 4.79 Å². The number of anilines is 1. The normalized spacial score (nSPS) is 14.0. The SMILES string of the molecule is CCN(C)c1ccc(N=C2C(c3ccccc3)=C(C#N)c3nnc(C)c(=O)n32)c(C)c1. The first-order chi connectivity index (χ1) is 15.0. The van der Waals surface area contributed by atoms with E-state index in [-0.39, 0.29) is 22.7 Å². The molecule has 2 aromatic carbocycles. The number of nitrogens with zero attached hydrogens (tertiary/aromatic N) is 6. The minimum atomic E-state index is -0.331. The van der Waals surface area contributed by atoms with Crippen LogP contribution in [0.4, 0.5) is 11.4 Å². The Labute approximate surface area is 180 Å². The van der Waals surface area contributed by atoms with Crippen LogP contribution in [0.15, 0.2) is 58.3 Å². The number of aliphatic imine (C=N–C) groups is 1. The van der Waals surface area contributed by atoms with Gasteiger partial charge in [0.25, 0.3) is 5.56 Å². The Hall–Kier alpha value is -4.05. The smallest absolute Gasteiger partial charge is 0.281 e. The first-order valence-electron chi connectivity index (χ1n) is 10.0. The molecule has 0 unspecified atom stereocenters. The fraction of sp³-hybridized carbons (Fsp3) is 0.208. The van der Waals surface area contributed by atoms with Crippen molar-refractivity contribution in [3.05, 3.63) is 81.5 Å². The highest BCUT2D eigenvalue weighted by Crippen LogP contribution is 2.34. The van der Waals surface area contributed by atoms with Crippen LogP contribution in [0.2, 0.25) is 0 Å². The van der Waals surface area contributed by atoms with Gasteiger partial charge in [0.2, 0.25) is 0 Å². The van der Waals surface area contributed by atoms with Gasteiger partial charge in [0.15, 0.2) is 11.7 Å². The average Bonchev–Trinajstić information content (AvgIpc) is 3.11. The van der Waals surface area contributed by atoms with Crippen LogP contribution >= 0.6 is 0 Å². The predicted molar refractivity (Wildman–Crippen MR) is 123 cm³/mol. The second-order valence-electron chi connectivity index (χ2n) is 7.40. The van der Waals surface area contributed by atoms with Crippen LogP contribution < -0.4 is 10.5 Å². The summed E-state index contributed by atoms with van der Waals surface area (Å²) < 4.78 is 1.40. The molecule has 0 fully saturated rings. The van der Waals surface area contributed by atoms with Gasteiger partial charge in [-0.1, -0.05) is 30.3 Å². The fourth-order valence-electron chi connectivity index (χ4n) is 3.55. The van der Waals surface area contributed by atoms with Gasteiger partial charge in [-0.25, -0.2) is 9.56 Å². The Morgan fingerprint density at radius 1 is 1.13 bits per heavy atom. The number of allylic oxidation sites excluding steroid dienone is 2. The first kappa shape index (κ1) is 20.2. The topological polar surface area (TPSA) is 87.2 Å². The Morgan fingerprint density at radius 2 is 1.87 bits per heavy atom. The lowest BCUT2D eigenvalue weighted by molar-refractivity contribution is 0.836. The van der Waals surface area contributed by atoms with Crippen LogP contribution in [0.25, 0.3) is 11.1 Å². The van der Waals surface area contributed by atoms with Gasteiger partial charge in [-0.2, -0.15) is 5.26 Å². The Kier molecular flexibility index (Phi) is 5.22. The van der Waals surface area contributed by atoms with E-state index in [9.17, 15) is 10.1 Å². The van der Waals surface area contributed by atoms with Crippen LogP contribution in [-0.2, 0) is 0 Å². The maximum absolute atomic E-state index is 13.0. The van der Waals surface area contributed by atoms with Crippen molar-refractivity contribution in [1.29, 1.82) is 5.26 Å². The van der Waals surface area contributed by atoms with E-state index in [1.54, 1.807) is 6.92 Å². The molecule has 0 atom stereocenters. The Morgan fingerprint density at radius 3 is 2.52 bits per heavy atom. The molecule has 0 spiro atoms. The summed E-state index contributed by atoms with van der Waals surface area (Å²) in [5.74, 6) is 0.608. The summed E-state index contributed by atoms with van der Waals surface area (Å²) in [5, 5.41) is 18.0. The maximum atomic E-state index is 13.0. The lowest BCUT2D eigenvalue weighted by Crippen LogP contribution is -2.30. The van der Waals surface area contributed by atoms with Crippen LogP contribution in [0.3, 0.4) is 0 Å². The molecule has 0 saturated heterocycles. The van der Waals surface area contributed by atoms with Gasteiger partial charge in [0.05, 0.1) is 5.69 Å². The highest BCUT2D eigenvalue weighted by Gasteiger charge is 2.32. The number of aryl methyl sites for hydroxylation is 2. The summed E-state index contributed by atoms with van der Waals surface area (Å²) in [6, 6.07) is 17.7. The van der Waals surface area contributed by atoms with E-state index in [4.69, 9.17) is 4.99 Å². The maximum Gasteiger partial charge on any atom is 0.281 e. The molecule has 1 aromatic heterocycles. The zero-order valence-corrected chi connectivity index (χ0v) is 17.9. The number of nitriles is 1. The average molecular weight is 410 g/mol. The summed E-state index contributed by atoms with van der Waals surface area (Å²) in [6.07, 6.45) is 0. The molecule has 154 valence electrons. The molecule has 0 amide bonds. The zero-order chi connectivity index (χ0) is 22.1. The number of hydrogen-bond acceptors (Lipinski definition) is 6. The molecule has 0 radical (unpaired) electrons. The number of fused-ring (bicyclic) bond motifs is 1. The molecule has 1 aliphatic heterocycles. The Balaban J connectivity index is 1.99. The molecule has 1 aliphatic rings. The lowest BCUT2D eigenvalue weighted by Gasteiger charge is -2.18. The third-order valence-electron chi connectivity index (χ3n) is 5.42. The molecule has 2 heterocycles. The number of hydrogen-bond donors (Lipinski definition) is 0. The minimum Gasteiger partial charge on any atom is -0.375 e. The minimum absolute atomic E-state index is 0.218. The summed E-state index contributed by atoms with van der Waals surface area (Å²) in [4.78, 5) is 20.0. The summed E-state index contributed by atoms with van der Waals surface area (Å²) in [7, 11) is 2.03. The molecule has 7 nitrogen and oxygen atoms in total. The number of rotatable bonds is 4. The standard InChI is InChI=1S/C24H22N6O/c1-5-29(4)18-11-12-20(15(2)13-18)26-23-21(17-9-7-6-8-10-17)19(14-25)22-28-27-16(3)24(31)30(22)23/h6-13H,5H2,1-4H3. The molecule has 0 saturated carbocycles. The van der Waals surface area contributed by atoms with Crippen molar-refractivity contribution < 1.29 is 0 Å². The van der Waals surface area contributed by atoms with E-state index in [1.807, 2.05) is 56.4 Å². The van der Waals surface area contributed by atoms with Crippen LogP contribution in [0.5, 0.6) is 0 Å². The predicted octanol–water partition coefficient (Wildman–Crippen LogP) is 3.74. The van der Waals surface area contributed by atoms with E-state index >= 15 is 0 Å². The molecule has 4 rings (SSSR count). The van der Waals surface area contributed by atoms with Gasteiger partial charge in [0, 0.05) is 24.9 Å². The monoisotopic (exact) mass is 410 g/mol. The van der Waals surface area contributed by atoms with Gasteiger partial charge >= 0.3 is 0 Å². The highest BCUT2D eigenvalue weighted by atomic mass is 16.1. The molecule has 0 N–H and O–H groups in total. The van der Waals surface area contributed by atoms with Crippen molar-refractivity contribution >= 4 is 28.4 Å². The largest absolute Gasteiger partial charge is 0.375 e. The molecule has 7 heteroatoms. The lowest BCUT2D eigenvalue weighted by atomic mass is 10.0. The first-order valence-corrected chi connectivity index (χ1v) is 10.0. The second-order valence-corrected chi connectivity index (χ2v) is 7.40. The van der Waals surface area contributed by atoms with E-state index < -0.39 is 0 Å². The van der Waals surface area contributed by atoms with Crippen molar-refractivity contribution in [1.82, 2.24) is 14.8 Å². The number of aromatic nitrogens is 3. The van der Waals surface area contributed by atoms with Gasteiger partial charge in [-0.15, -0.1) is 10.2 Å². The van der Waals surface area contributed by atoms with Crippen LogP contribution in [0, 0.1) is 25.2 Å². The van der Waals surface area contributed by atoms with Crippen LogP contribution in [-0.4, -0.2) is 34.2 Å². The van der Waals surface area contributed by atoms with E-state index in [0.717, 1.165) is 29.0 Å². The van der Waals surface area contributed by atoms with Crippen molar-refractivity contribution in [2.24, 2.45) is 4.99 Å². The molecular formula is C24H22N6O. The molecule has 0 bridgehead atoms. The second kappa shape index (κ2) is 8.00.